The van der Waals surface area contributed by atoms with Gasteiger partial charge in [0.05, 0.1) is 25.4 Å². The van der Waals surface area contributed by atoms with Gasteiger partial charge in [-0.1, -0.05) is 6.08 Å². The first kappa shape index (κ1) is 24.0. The monoisotopic (exact) mass is 446 g/mol. The third kappa shape index (κ3) is 4.60. The summed E-state index contributed by atoms with van der Waals surface area (Å²) in [4.78, 5) is 44.0. The van der Waals surface area contributed by atoms with Gasteiger partial charge in [-0.25, -0.2) is 0 Å². The molecule has 0 unspecified atom stereocenters. The van der Waals surface area contributed by atoms with Crippen LogP contribution in [0.5, 0.6) is 0 Å². The van der Waals surface area contributed by atoms with Crippen LogP contribution in [0.2, 0.25) is 0 Å². The van der Waals surface area contributed by atoms with E-state index in [9.17, 15) is 14.4 Å². The van der Waals surface area contributed by atoms with Crippen molar-refractivity contribution in [2.75, 3.05) is 33.4 Å². The van der Waals surface area contributed by atoms with Gasteiger partial charge in [-0.3, -0.25) is 14.4 Å². The standard InChI is InChI=1S/C24H34N2O6/c1-4-6-11-20(27)26-21(19-10-9-15-32-19)18(22(28)31-5-2)17-24(26)12-7-8-13-25(23(24)29)14-16-30-3/h4,9-10,15,18,21H,1,5-8,11-14,16-17H2,2-3H3/t18-,21+,24-/m0/s1. The molecule has 3 rings (SSSR count). The fourth-order valence-electron chi connectivity index (χ4n) is 5.06. The van der Waals surface area contributed by atoms with Crippen LogP contribution in [0.15, 0.2) is 35.5 Å². The van der Waals surface area contributed by atoms with E-state index in [0.717, 1.165) is 12.8 Å². The zero-order chi connectivity index (χ0) is 23.1. The van der Waals surface area contributed by atoms with Gasteiger partial charge in [0.25, 0.3) is 0 Å². The van der Waals surface area contributed by atoms with E-state index in [1.54, 1.807) is 42.0 Å². The van der Waals surface area contributed by atoms with E-state index in [1.165, 1.54) is 6.26 Å². The van der Waals surface area contributed by atoms with Crippen LogP contribution in [0.1, 0.15) is 57.3 Å². The third-order valence-electron chi connectivity index (χ3n) is 6.45. The molecule has 0 saturated carbocycles. The average molecular weight is 447 g/mol. The lowest BCUT2D eigenvalue weighted by Gasteiger charge is -2.41. The van der Waals surface area contributed by atoms with Crippen LogP contribution < -0.4 is 0 Å². The lowest BCUT2D eigenvalue weighted by molar-refractivity contribution is -0.154. The first-order valence-electron chi connectivity index (χ1n) is 11.4. The summed E-state index contributed by atoms with van der Waals surface area (Å²) in [7, 11) is 1.60. The molecule has 176 valence electrons. The maximum absolute atomic E-state index is 14.0. The number of hydrogen-bond acceptors (Lipinski definition) is 6. The van der Waals surface area contributed by atoms with Gasteiger partial charge in [-0.05, 0) is 51.2 Å². The Morgan fingerprint density at radius 1 is 1.38 bits per heavy atom. The van der Waals surface area contributed by atoms with Gasteiger partial charge in [0.15, 0.2) is 0 Å². The summed E-state index contributed by atoms with van der Waals surface area (Å²) in [5, 5.41) is 0. The minimum absolute atomic E-state index is 0.123. The number of hydrogen-bond donors (Lipinski definition) is 0. The number of carbonyl (C=O) groups is 3. The highest BCUT2D eigenvalue weighted by atomic mass is 16.5. The number of amides is 2. The Morgan fingerprint density at radius 2 is 2.19 bits per heavy atom. The molecular weight excluding hydrogens is 412 g/mol. The quantitative estimate of drug-likeness (QED) is 0.428. The highest BCUT2D eigenvalue weighted by molar-refractivity contribution is 5.94. The number of rotatable bonds is 9. The Labute approximate surface area is 189 Å². The van der Waals surface area contributed by atoms with Gasteiger partial charge in [-0.15, -0.1) is 6.58 Å². The van der Waals surface area contributed by atoms with Crippen LogP contribution >= 0.6 is 0 Å². The second-order valence-electron chi connectivity index (χ2n) is 8.39. The summed E-state index contributed by atoms with van der Waals surface area (Å²) < 4.78 is 16.3. The fraction of sp³-hybridized carbons (Fsp3) is 0.625. The van der Waals surface area contributed by atoms with Crippen LogP contribution in [0.3, 0.4) is 0 Å². The minimum atomic E-state index is -1.11. The largest absolute Gasteiger partial charge is 0.467 e. The fourth-order valence-corrected chi connectivity index (χ4v) is 5.06. The van der Waals surface area contributed by atoms with E-state index in [0.29, 0.717) is 38.3 Å². The first-order chi connectivity index (χ1) is 15.5. The number of esters is 1. The van der Waals surface area contributed by atoms with Crippen LogP contribution in [0, 0.1) is 5.92 Å². The molecule has 2 aliphatic rings. The number of furan rings is 1. The van der Waals surface area contributed by atoms with Crippen molar-refractivity contribution in [1.29, 1.82) is 0 Å². The SMILES string of the molecule is C=CCCC(=O)N1[C@@H](c2ccco2)[C@@H](C(=O)OCC)C[C@]12CCCCN(CCOC)C2=O. The predicted molar refractivity (Wildman–Crippen MR) is 118 cm³/mol. The van der Waals surface area contributed by atoms with Crippen molar-refractivity contribution < 1.29 is 28.3 Å². The normalized spacial score (nSPS) is 25.8. The third-order valence-corrected chi connectivity index (χ3v) is 6.45. The molecule has 2 amide bonds. The van der Waals surface area contributed by atoms with Crippen LogP contribution in [0.25, 0.3) is 0 Å². The van der Waals surface area contributed by atoms with Crippen LogP contribution in [0.4, 0.5) is 0 Å². The number of methoxy groups -OCH3 is 1. The van der Waals surface area contributed by atoms with Gasteiger partial charge in [-0.2, -0.15) is 0 Å². The summed E-state index contributed by atoms with van der Waals surface area (Å²) in [6.07, 6.45) is 6.25. The van der Waals surface area contributed by atoms with Crippen molar-refractivity contribution in [3.63, 3.8) is 0 Å². The summed E-state index contributed by atoms with van der Waals surface area (Å²) >= 11 is 0. The van der Waals surface area contributed by atoms with E-state index in [4.69, 9.17) is 13.9 Å². The van der Waals surface area contributed by atoms with Gasteiger partial charge in [0, 0.05) is 26.6 Å². The topological polar surface area (TPSA) is 89.3 Å². The molecule has 3 heterocycles. The highest BCUT2D eigenvalue weighted by Gasteiger charge is 2.62. The van der Waals surface area contributed by atoms with E-state index in [-0.39, 0.29) is 31.3 Å². The number of likely N-dealkylation sites (tertiary alicyclic amines) is 2. The van der Waals surface area contributed by atoms with Crippen molar-refractivity contribution in [1.82, 2.24) is 9.80 Å². The summed E-state index contributed by atoms with van der Waals surface area (Å²) in [6.45, 7) is 7.16. The Morgan fingerprint density at radius 3 is 2.84 bits per heavy atom. The molecule has 0 N–H and O–H groups in total. The Hall–Kier alpha value is -2.61. The molecule has 8 heteroatoms. The average Bonchev–Trinajstić information content (AvgIpc) is 3.39. The maximum atomic E-state index is 14.0. The summed E-state index contributed by atoms with van der Waals surface area (Å²) in [5.41, 5.74) is -1.11. The molecule has 2 fully saturated rings. The summed E-state index contributed by atoms with van der Waals surface area (Å²) in [6, 6.07) is 2.80. The zero-order valence-electron chi connectivity index (χ0n) is 19.1. The smallest absolute Gasteiger partial charge is 0.311 e. The molecule has 1 aromatic heterocycles. The van der Waals surface area contributed by atoms with E-state index in [1.807, 2.05) is 0 Å². The lowest BCUT2D eigenvalue weighted by Crippen LogP contribution is -2.58. The molecule has 0 radical (unpaired) electrons. The molecule has 2 saturated heterocycles. The van der Waals surface area contributed by atoms with Crippen molar-refractivity contribution in [2.24, 2.45) is 5.92 Å². The van der Waals surface area contributed by atoms with Gasteiger partial charge >= 0.3 is 5.97 Å². The molecule has 2 aliphatic heterocycles. The van der Waals surface area contributed by atoms with E-state index >= 15 is 0 Å². The molecule has 0 aliphatic carbocycles. The van der Waals surface area contributed by atoms with E-state index in [2.05, 4.69) is 6.58 Å². The van der Waals surface area contributed by atoms with E-state index < -0.39 is 23.5 Å². The molecule has 32 heavy (non-hydrogen) atoms. The first-order valence-corrected chi connectivity index (χ1v) is 11.4. The lowest BCUT2D eigenvalue weighted by atomic mass is 9.85. The Balaban J connectivity index is 2.10. The molecule has 1 spiro atoms. The Kier molecular flexibility index (Phi) is 8.12. The molecule has 0 aromatic carbocycles. The molecule has 3 atom stereocenters. The molecule has 8 nitrogen and oxygen atoms in total. The minimum Gasteiger partial charge on any atom is -0.467 e. The van der Waals surface area contributed by atoms with Crippen LogP contribution in [-0.2, 0) is 23.9 Å². The second kappa shape index (κ2) is 10.8. The number of carbonyl (C=O) groups excluding carboxylic acids is 3. The van der Waals surface area contributed by atoms with Gasteiger partial charge in [0.1, 0.15) is 17.3 Å². The molecule has 0 bridgehead atoms. The number of ether oxygens (including phenoxy) is 2. The van der Waals surface area contributed by atoms with Crippen molar-refractivity contribution in [3.8, 4) is 0 Å². The molecule has 1 aromatic rings. The Bertz CT molecular complexity index is 807. The molecular formula is C24H34N2O6. The number of allylic oxidation sites excluding steroid dienone is 1. The predicted octanol–water partition coefficient (Wildman–Crippen LogP) is 3.10. The van der Waals surface area contributed by atoms with Crippen molar-refractivity contribution in [3.05, 3.63) is 36.8 Å². The maximum Gasteiger partial charge on any atom is 0.311 e. The van der Waals surface area contributed by atoms with Gasteiger partial charge < -0.3 is 23.7 Å². The van der Waals surface area contributed by atoms with Gasteiger partial charge in [0.2, 0.25) is 11.8 Å². The van der Waals surface area contributed by atoms with Crippen molar-refractivity contribution >= 4 is 17.8 Å². The zero-order valence-corrected chi connectivity index (χ0v) is 19.1. The van der Waals surface area contributed by atoms with Crippen LogP contribution in [-0.4, -0.2) is 66.5 Å². The highest BCUT2D eigenvalue weighted by Crippen LogP contribution is 2.51. The number of nitrogens with zero attached hydrogens (tertiary/aromatic N) is 2. The summed E-state index contributed by atoms with van der Waals surface area (Å²) in [5.74, 6) is -0.900. The van der Waals surface area contributed by atoms with Crippen molar-refractivity contribution in [2.45, 2.75) is 57.0 Å². The second-order valence-corrected chi connectivity index (χ2v) is 8.39.